The zero-order valence-corrected chi connectivity index (χ0v) is 15.4. The molecule has 0 aromatic carbocycles. The molecule has 22 heavy (non-hydrogen) atoms. The van der Waals surface area contributed by atoms with E-state index in [-0.39, 0.29) is 12.7 Å². The van der Waals surface area contributed by atoms with Crippen LogP contribution in [0.1, 0.15) is 20.1 Å². The molecule has 9 heteroatoms. The van der Waals surface area contributed by atoms with Gasteiger partial charge >= 0.3 is 132 Å². The number of nitrogens with zero attached hydrogens (tertiary/aromatic N) is 1. The Kier molecular flexibility index (Phi) is 4.47. The quantitative estimate of drug-likeness (QED) is 0.650. The molecule has 0 aliphatic carbocycles. The Labute approximate surface area is 132 Å². The van der Waals surface area contributed by atoms with Gasteiger partial charge in [0.05, 0.1) is 0 Å². The molecule has 3 rings (SSSR count). The number of aromatic nitrogens is 2. The van der Waals surface area contributed by atoms with Gasteiger partial charge < -0.3 is 0 Å². The van der Waals surface area contributed by atoms with Crippen molar-refractivity contribution in [3.05, 3.63) is 33.1 Å². The summed E-state index contributed by atoms with van der Waals surface area (Å²) in [6, 6.07) is 1.26. The topological polar surface area (TPSA) is 103 Å². The van der Waals surface area contributed by atoms with E-state index in [4.69, 9.17) is 10.9 Å². The van der Waals surface area contributed by atoms with Crippen molar-refractivity contribution in [2.24, 2.45) is 0 Å². The number of aromatic amines is 1. The van der Waals surface area contributed by atoms with Gasteiger partial charge in [-0.15, -0.1) is 0 Å². The van der Waals surface area contributed by atoms with Crippen LogP contribution in [-0.4, -0.2) is 58.8 Å². The number of rotatable bonds is 4. The molecule has 2 saturated heterocycles. The van der Waals surface area contributed by atoms with Crippen LogP contribution in [0.15, 0.2) is 21.9 Å². The third kappa shape index (κ3) is 2.56. The molecule has 0 radical (unpaired) electrons. The van der Waals surface area contributed by atoms with E-state index in [1.54, 1.807) is 0 Å². The minimum absolute atomic E-state index is 0.200. The fourth-order valence-electron chi connectivity index (χ4n) is 3.08. The van der Waals surface area contributed by atoms with Crippen LogP contribution in [0, 0.1) is 0 Å². The van der Waals surface area contributed by atoms with Gasteiger partial charge in [-0.25, -0.2) is 0 Å². The summed E-state index contributed by atoms with van der Waals surface area (Å²) in [6.45, 7) is 3.90. The number of nitrogens with one attached hydrogen (secondary N) is 1. The van der Waals surface area contributed by atoms with E-state index in [0.717, 1.165) is 8.87 Å². The van der Waals surface area contributed by atoms with E-state index in [2.05, 4.69) is 18.8 Å². The molecular formula is C13H20N2O6Sn. The summed E-state index contributed by atoms with van der Waals surface area (Å²) in [6.07, 6.45) is -0.603. The first kappa shape index (κ1) is 16.2. The molecule has 0 spiro atoms. The molecule has 2 aliphatic heterocycles. The van der Waals surface area contributed by atoms with Crippen molar-refractivity contribution in [1.82, 2.24) is 9.55 Å². The second-order valence-corrected chi connectivity index (χ2v) is 16.1. The van der Waals surface area contributed by atoms with Gasteiger partial charge in [-0.05, 0) is 0 Å². The maximum atomic E-state index is 12.0. The Balaban J connectivity index is 1.96. The van der Waals surface area contributed by atoms with Crippen molar-refractivity contribution in [2.45, 2.75) is 47.3 Å². The number of fused-ring (bicyclic) bond motifs is 1. The summed E-state index contributed by atoms with van der Waals surface area (Å²) < 4.78 is 21.2. The second-order valence-electron chi connectivity index (χ2n) is 5.55. The molecule has 0 amide bonds. The number of H-pyrrole nitrogens is 1. The van der Waals surface area contributed by atoms with E-state index in [0.29, 0.717) is 0 Å². The third-order valence-corrected chi connectivity index (χ3v) is 14.5. The Bertz CT molecular complexity index is 654. The molecule has 0 bridgehead atoms. The summed E-state index contributed by atoms with van der Waals surface area (Å²) in [5.74, 6) is 0. The van der Waals surface area contributed by atoms with Crippen molar-refractivity contribution in [1.29, 1.82) is 0 Å². The van der Waals surface area contributed by atoms with Crippen molar-refractivity contribution in [3.8, 4) is 0 Å². The maximum absolute atomic E-state index is 12.0. The zero-order valence-electron chi connectivity index (χ0n) is 12.5. The standard InChI is InChI=1S/C9H10N2O6.2C2H5.Sn/c12-3-4-6(14)7(15)8(17-4)11-2-1-5(13)10-9(11)16;2*1-2;/h1-2,4,6-8,12H,3H2,(H,10,13,16);2*1H2,2H3;/q-2;;;+2. The van der Waals surface area contributed by atoms with E-state index in [9.17, 15) is 14.7 Å². The molecule has 2 aliphatic rings. The molecule has 4 atom stereocenters. The van der Waals surface area contributed by atoms with Crippen molar-refractivity contribution in [3.63, 3.8) is 0 Å². The minimum atomic E-state index is -3.13. The van der Waals surface area contributed by atoms with E-state index >= 15 is 0 Å². The van der Waals surface area contributed by atoms with E-state index < -0.39 is 48.9 Å². The summed E-state index contributed by atoms with van der Waals surface area (Å²) >= 11 is -3.13. The van der Waals surface area contributed by atoms with Gasteiger partial charge in [-0.1, -0.05) is 0 Å². The Morgan fingerprint density at radius 3 is 2.55 bits per heavy atom. The van der Waals surface area contributed by atoms with Crippen molar-refractivity contribution in [2.75, 3.05) is 6.61 Å². The summed E-state index contributed by atoms with van der Waals surface area (Å²) in [4.78, 5) is 25.4. The van der Waals surface area contributed by atoms with Gasteiger partial charge in [-0.3, -0.25) is 0 Å². The fourth-order valence-corrected chi connectivity index (χ4v) is 10.9. The predicted molar refractivity (Wildman–Crippen MR) is 78.8 cm³/mol. The third-order valence-electron chi connectivity index (χ3n) is 4.37. The van der Waals surface area contributed by atoms with Gasteiger partial charge in [0.15, 0.2) is 0 Å². The molecule has 2 fully saturated rings. The monoisotopic (exact) mass is 420 g/mol. The summed E-state index contributed by atoms with van der Waals surface area (Å²) in [5.41, 5.74) is -1.02. The van der Waals surface area contributed by atoms with Crippen molar-refractivity contribution < 1.29 is 16.0 Å². The average Bonchev–Trinajstić information content (AvgIpc) is 3.03. The summed E-state index contributed by atoms with van der Waals surface area (Å²) in [7, 11) is 0. The molecular weight excluding hydrogens is 399 g/mol. The SMILES string of the molecule is C[CH2][Sn]1([CH2]C)[O]C2C(CO)OC(n3ccc(=O)[nH]c3=O)C2[O]1. The second kappa shape index (κ2) is 6.08. The Morgan fingerprint density at radius 2 is 1.95 bits per heavy atom. The number of hydrogen-bond acceptors (Lipinski definition) is 6. The average molecular weight is 419 g/mol. The number of aliphatic hydroxyl groups excluding tert-OH is 1. The van der Waals surface area contributed by atoms with Crippen LogP contribution in [0.25, 0.3) is 0 Å². The molecule has 3 heterocycles. The molecule has 0 saturated carbocycles. The van der Waals surface area contributed by atoms with Crippen LogP contribution < -0.4 is 11.2 Å². The van der Waals surface area contributed by atoms with Crippen LogP contribution in [-0.2, 0) is 10.9 Å². The fraction of sp³-hybridized carbons (Fsp3) is 0.692. The van der Waals surface area contributed by atoms with Crippen LogP contribution in [0.4, 0.5) is 0 Å². The first-order chi connectivity index (χ1) is 10.5. The number of aliphatic hydroxyl groups is 1. The normalized spacial score (nSPS) is 33.0. The van der Waals surface area contributed by atoms with Gasteiger partial charge in [0.1, 0.15) is 0 Å². The molecule has 122 valence electrons. The number of hydrogen-bond donors (Lipinski definition) is 2. The molecule has 1 aromatic heterocycles. The van der Waals surface area contributed by atoms with Crippen LogP contribution in [0.3, 0.4) is 0 Å². The predicted octanol–water partition coefficient (Wildman–Crippen LogP) is -0.308. The van der Waals surface area contributed by atoms with Crippen LogP contribution >= 0.6 is 0 Å². The van der Waals surface area contributed by atoms with Gasteiger partial charge in [-0.2, -0.15) is 0 Å². The van der Waals surface area contributed by atoms with E-state index in [1.165, 1.54) is 16.8 Å². The van der Waals surface area contributed by atoms with Crippen LogP contribution in [0.2, 0.25) is 8.87 Å². The molecule has 1 aromatic rings. The van der Waals surface area contributed by atoms with Gasteiger partial charge in [0.2, 0.25) is 0 Å². The summed E-state index contributed by atoms with van der Waals surface area (Å²) in [5, 5.41) is 9.52. The molecule has 2 N–H and O–H groups in total. The van der Waals surface area contributed by atoms with Crippen LogP contribution in [0.5, 0.6) is 0 Å². The molecule has 4 unspecified atom stereocenters. The van der Waals surface area contributed by atoms with Gasteiger partial charge in [0.25, 0.3) is 0 Å². The van der Waals surface area contributed by atoms with E-state index in [1.807, 2.05) is 0 Å². The van der Waals surface area contributed by atoms with Crippen molar-refractivity contribution >= 4 is 19.2 Å². The Morgan fingerprint density at radius 1 is 1.27 bits per heavy atom. The molecule has 8 nitrogen and oxygen atoms in total. The zero-order chi connectivity index (χ0) is 15.9. The first-order valence-corrected chi connectivity index (χ1v) is 13.8. The Hall–Kier alpha value is -0.681. The first-order valence-electron chi connectivity index (χ1n) is 7.47. The van der Waals surface area contributed by atoms with Gasteiger partial charge in [0, 0.05) is 0 Å². The number of ether oxygens (including phenoxy) is 1.